The van der Waals surface area contributed by atoms with Crippen molar-refractivity contribution in [2.24, 2.45) is 0 Å². The molecule has 0 fully saturated rings. The van der Waals surface area contributed by atoms with Crippen LogP contribution in [-0.2, 0) is 30.1 Å². The zero-order valence-electron chi connectivity index (χ0n) is 5.87. The topological polar surface area (TPSA) is 110 Å². The molecular formula is C3H8O7S2. The third-order valence-electron chi connectivity index (χ3n) is 0.705. The van der Waals surface area contributed by atoms with Crippen LogP contribution in [0.1, 0.15) is 6.42 Å². The van der Waals surface area contributed by atoms with Crippen LogP contribution in [0.4, 0.5) is 0 Å². The number of rotatable bonds is 6. The van der Waals surface area contributed by atoms with Gasteiger partial charge in [0.2, 0.25) is 0 Å². The summed E-state index contributed by atoms with van der Waals surface area (Å²) >= 11 is -2.36. The van der Waals surface area contributed by atoms with Gasteiger partial charge in [0.15, 0.2) is 0 Å². The Labute approximate surface area is 72.1 Å². The molecule has 1 unspecified atom stereocenters. The van der Waals surface area contributed by atoms with Crippen LogP contribution in [-0.4, -0.2) is 34.9 Å². The van der Waals surface area contributed by atoms with E-state index in [4.69, 9.17) is 9.11 Å². The maximum absolute atomic E-state index is 9.91. The molecule has 0 amide bonds. The highest BCUT2D eigenvalue weighted by Crippen LogP contribution is 1.91. The largest absolute Gasteiger partial charge is 0.397 e. The van der Waals surface area contributed by atoms with Gasteiger partial charge in [-0.05, 0) is 6.42 Å². The Kier molecular flexibility index (Phi) is 5.53. The van der Waals surface area contributed by atoms with Crippen molar-refractivity contribution >= 4 is 21.8 Å². The molecule has 0 rings (SSSR count). The minimum atomic E-state index is -4.42. The molecule has 0 bridgehead atoms. The molecule has 7 nitrogen and oxygen atoms in total. The summed E-state index contributed by atoms with van der Waals surface area (Å²) in [4.78, 5) is 0. The minimum absolute atomic E-state index is 0.0894. The maximum atomic E-state index is 9.91. The summed E-state index contributed by atoms with van der Waals surface area (Å²) in [6, 6.07) is 0. The smallest absolute Gasteiger partial charge is 0.284 e. The van der Waals surface area contributed by atoms with E-state index in [0.717, 1.165) is 0 Å². The Morgan fingerprint density at radius 3 is 2.33 bits per heavy atom. The fraction of sp³-hybridized carbons (Fsp3) is 1.00. The van der Waals surface area contributed by atoms with Gasteiger partial charge in [0.1, 0.15) is 0 Å². The van der Waals surface area contributed by atoms with Crippen molar-refractivity contribution in [2.75, 3.05) is 13.2 Å². The van der Waals surface area contributed by atoms with E-state index in [9.17, 15) is 12.6 Å². The summed E-state index contributed by atoms with van der Waals surface area (Å²) in [5.41, 5.74) is 0. The van der Waals surface area contributed by atoms with E-state index in [0.29, 0.717) is 0 Å². The average Bonchev–Trinajstić information content (AvgIpc) is 1.83. The molecule has 74 valence electrons. The van der Waals surface area contributed by atoms with Crippen LogP contribution in [0.2, 0.25) is 0 Å². The number of hydrogen-bond donors (Lipinski definition) is 2. The maximum Gasteiger partial charge on any atom is 0.397 e. The summed E-state index contributed by atoms with van der Waals surface area (Å²) in [5.74, 6) is 0. The van der Waals surface area contributed by atoms with E-state index in [1.807, 2.05) is 0 Å². The second kappa shape index (κ2) is 5.56. The summed E-state index contributed by atoms with van der Waals surface area (Å²) in [6.45, 7) is -0.422. The first-order valence-electron chi connectivity index (χ1n) is 2.78. The third kappa shape index (κ3) is 9.94. The first kappa shape index (κ1) is 11.9. The van der Waals surface area contributed by atoms with Crippen LogP contribution in [0.15, 0.2) is 0 Å². The predicted molar refractivity (Wildman–Crippen MR) is 38.8 cm³/mol. The van der Waals surface area contributed by atoms with Crippen molar-refractivity contribution in [3.05, 3.63) is 0 Å². The molecule has 0 spiro atoms. The lowest BCUT2D eigenvalue weighted by molar-refractivity contribution is 0.230. The molecule has 0 aliphatic heterocycles. The zero-order chi connectivity index (χ0) is 9.61. The van der Waals surface area contributed by atoms with Gasteiger partial charge in [0, 0.05) is 0 Å². The molecule has 12 heavy (non-hydrogen) atoms. The van der Waals surface area contributed by atoms with Gasteiger partial charge >= 0.3 is 21.8 Å². The molecule has 0 radical (unpaired) electrons. The summed E-state index contributed by atoms with van der Waals surface area (Å²) < 4.78 is 53.7. The predicted octanol–water partition coefficient (Wildman–Crippen LogP) is -0.651. The monoisotopic (exact) mass is 220 g/mol. The Morgan fingerprint density at radius 2 is 1.92 bits per heavy atom. The van der Waals surface area contributed by atoms with Crippen molar-refractivity contribution in [2.45, 2.75) is 6.42 Å². The Balaban J connectivity index is 3.29. The quantitative estimate of drug-likeness (QED) is 0.347. The van der Waals surface area contributed by atoms with Crippen molar-refractivity contribution in [3.63, 3.8) is 0 Å². The lowest BCUT2D eigenvalue weighted by atomic mass is 10.5. The fourth-order valence-corrected chi connectivity index (χ4v) is 0.942. The van der Waals surface area contributed by atoms with Crippen molar-refractivity contribution < 1.29 is 30.1 Å². The molecule has 0 saturated carbocycles. The SMILES string of the molecule is O=S(O)OCCCOS(=O)(=O)O. The molecule has 0 aromatic rings. The second-order valence-corrected chi connectivity index (χ2v) is 3.40. The van der Waals surface area contributed by atoms with E-state index in [-0.39, 0.29) is 19.6 Å². The minimum Gasteiger partial charge on any atom is -0.284 e. The fourth-order valence-electron chi connectivity index (χ4n) is 0.353. The Bertz CT molecular complexity index is 231. The van der Waals surface area contributed by atoms with Crippen LogP contribution in [0, 0.1) is 0 Å². The molecule has 9 heteroatoms. The second-order valence-electron chi connectivity index (χ2n) is 1.64. The normalized spacial score (nSPS) is 14.5. The molecule has 0 heterocycles. The van der Waals surface area contributed by atoms with Crippen molar-refractivity contribution in [1.29, 1.82) is 0 Å². The van der Waals surface area contributed by atoms with Crippen LogP contribution in [0.5, 0.6) is 0 Å². The molecule has 0 aliphatic carbocycles. The number of hydrogen-bond acceptors (Lipinski definition) is 5. The molecule has 0 aromatic carbocycles. The van der Waals surface area contributed by atoms with Gasteiger partial charge in [-0.25, -0.2) is 4.18 Å². The van der Waals surface area contributed by atoms with E-state index in [1.165, 1.54) is 0 Å². The highest BCUT2D eigenvalue weighted by molar-refractivity contribution is 7.80. The summed E-state index contributed by atoms with van der Waals surface area (Å²) in [5, 5.41) is 0. The van der Waals surface area contributed by atoms with Crippen LogP contribution in [0.3, 0.4) is 0 Å². The zero-order valence-corrected chi connectivity index (χ0v) is 7.51. The highest BCUT2D eigenvalue weighted by Gasteiger charge is 2.03. The van der Waals surface area contributed by atoms with Crippen LogP contribution < -0.4 is 0 Å². The highest BCUT2D eigenvalue weighted by atomic mass is 32.3. The third-order valence-corrected chi connectivity index (χ3v) is 1.54. The van der Waals surface area contributed by atoms with Crippen molar-refractivity contribution in [3.8, 4) is 0 Å². The average molecular weight is 220 g/mol. The Morgan fingerprint density at radius 1 is 1.33 bits per heavy atom. The molecular weight excluding hydrogens is 212 g/mol. The molecule has 0 aromatic heterocycles. The van der Waals surface area contributed by atoms with Crippen LogP contribution in [0.25, 0.3) is 0 Å². The standard InChI is InChI=1S/C3H8O7S2/c4-11(5)9-2-1-3-10-12(6,7)8/h1-3H2,(H,4,5)(H,6,7,8). The Hall–Kier alpha value is -0.0600. The lowest BCUT2D eigenvalue weighted by Gasteiger charge is -1.98. The summed E-state index contributed by atoms with van der Waals surface area (Å²) in [7, 11) is -4.42. The van der Waals surface area contributed by atoms with Crippen molar-refractivity contribution in [1.82, 2.24) is 0 Å². The van der Waals surface area contributed by atoms with Gasteiger partial charge < -0.3 is 0 Å². The van der Waals surface area contributed by atoms with Gasteiger partial charge in [-0.15, -0.1) is 0 Å². The van der Waals surface area contributed by atoms with E-state index in [1.54, 1.807) is 0 Å². The molecule has 0 aliphatic rings. The van der Waals surface area contributed by atoms with E-state index in [2.05, 4.69) is 8.37 Å². The molecule has 2 N–H and O–H groups in total. The van der Waals surface area contributed by atoms with E-state index >= 15 is 0 Å². The summed E-state index contributed by atoms with van der Waals surface area (Å²) in [6.07, 6.45) is 0.0894. The lowest BCUT2D eigenvalue weighted by Crippen LogP contribution is -2.07. The van der Waals surface area contributed by atoms with Gasteiger partial charge in [0.25, 0.3) is 0 Å². The molecule has 0 saturated heterocycles. The van der Waals surface area contributed by atoms with Crippen LogP contribution >= 0.6 is 0 Å². The first-order chi connectivity index (χ1) is 5.42. The van der Waals surface area contributed by atoms with Gasteiger partial charge in [-0.2, -0.15) is 12.6 Å². The van der Waals surface area contributed by atoms with Gasteiger partial charge in [-0.1, -0.05) is 0 Å². The molecule has 1 atom stereocenters. The van der Waals surface area contributed by atoms with E-state index < -0.39 is 21.8 Å². The first-order valence-corrected chi connectivity index (χ1v) is 5.17. The van der Waals surface area contributed by atoms with Gasteiger partial charge in [0.05, 0.1) is 13.2 Å². The van der Waals surface area contributed by atoms with Gasteiger partial charge in [-0.3, -0.25) is 13.3 Å².